The van der Waals surface area contributed by atoms with Crippen LogP contribution in [0.1, 0.15) is 56.2 Å². The molecule has 1 amide bonds. The van der Waals surface area contributed by atoms with Crippen LogP contribution in [0.15, 0.2) is 48.0 Å². The number of aliphatic imine (C=N–C) groups is 1. The van der Waals surface area contributed by atoms with E-state index in [1.54, 1.807) is 13.4 Å². The van der Waals surface area contributed by atoms with Crippen molar-refractivity contribution >= 4 is 24.1 Å². The maximum atomic E-state index is 11.0. The van der Waals surface area contributed by atoms with Crippen LogP contribution in [-0.2, 0) is 10.2 Å². The Morgan fingerprint density at radius 1 is 1.07 bits per heavy atom. The van der Waals surface area contributed by atoms with E-state index in [4.69, 9.17) is 0 Å². The number of anilines is 1. The van der Waals surface area contributed by atoms with E-state index in [1.165, 1.54) is 22.3 Å². The molecule has 1 aliphatic rings. The second-order valence-corrected chi connectivity index (χ2v) is 7.38. The third-order valence-electron chi connectivity index (χ3n) is 5.66. The molecule has 0 aromatic heterocycles. The van der Waals surface area contributed by atoms with Crippen molar-refractivity contribution in [3.8, 4) is 11.1 Å². The van der Waals surface area contributed by atoms with Crippen LogP contribution in [0, 0.1) is 0 Å². The van der Waals surface area contributed by atoms with E-state index < -0.39 is 0 Å². The first kappa shape index (κ1) is 19.9. The number of nitrogens with one attached hydrogen (secondary N) is 2. The van der Waals surface area contributed by atoms with Crippen LogP contribution < -0.4 is 10.6 Å². The fraction of sp³-hybridized carbons (Fsp3) is 0.333. The molecule has 0 radical (unpaired) electrons. The second kappa shape index (κ2) is 8.42. The zero-order valence-electron chi connectivity index (χ0n) is 17.0. The van der Waals surface area contributed by atoms with Crippen LogP contribution >= 0.6 is 0 Å². The Kier molecular flexibility index (Phi) is 5.98. The lowest BCUT2D eigenvalue weighted by atomic mass is 9.71. The van der Waals surface area contributed by atoms with Gasteiger partial charge >= 0.3 is 0 Å². The number of rotatable bonds is 9. The molecule has 28 heavy (non-hydrogen) atoms. The zero-order valence-corrected chi connectivity index (χ0v) is 17.0. The topological polar surface area (TPSA) is 53.5 Å². The molecule has 3 rings (SSSR count). The van der Waals surface area contributed by atoms with Gasteiger partial charge in [0.25, 0.3) is 0 Å². The first-order chi connectivity index (χ1) is 13.6. The predicted molar refractivity (Wildman–Crippen MR) is 119 cm³/mol. The van der Waals surface area contributed by atoms with Crippen molar-refractivity contribution in [1.29, 1.82) is 0 Å². The van der Waals surface area contributed by atoms with Crippen molar-refractivity contribution < 1.29 is 4.79 Å². The summed E-state index contributed by atoms with van der Waals surface area (Å²) < 4.78 is 0. The van der Waals surface area contributed by atoms with Gasteiger partial charge in [0, 0.05) is 23.8 Å². The summed E-state index contributed by atoms with van der Waals surface area (Å²) in [4.78, 5) is 15.0. The van der Waals surface area contributed by atoms with Crippen LogP contribution in [0.2, 0.25) is 0 Å². The molecule has 0 atom stereocenters. The fourth-order valence-electron chi connectivity index (χ4n) is 4.58. The summed E-state index contributed by atoms with van der Waals surface area (Å²) >= 11 is 0. The van der Waals surface area contributed by atoms with Gasteiger partial charge in [-0.1, -0.05) is 51.5 Å². The van der Waals surface area contributed by atoms with E-state index in [0.29, 0.717) is 0 Å². The summed E-state index contributed by atoms with van der Waals surface area (Å²) in [6.07, 6.45) is 6.74. The summed E-state index contributed by atoms with van der Waals surface area (Å²) in [7, 11) is 1.73. The number of fused-ring (bicyclic) bond motifs is 3. The Balaban J connectivity index is 2.19. The first-order valence-corrected chi connectivity index (χ1v) is 9.97. The molecule has 0 saturated heterocycles. The van der Waals surface area contributed by atoms with Gasteiger partial charge < -0.3 is 10.6 Å². The van der Waals surface area contributed by atoms with Crippen LogP contribution in [-0.4, -0.2) is 19.8 Å². The summed E-state index contributed by atoms with van der Waals surface area (Å²) in [5, 5.41) is 5.96. The van der Waals surface area contributed by atoms with Crippen LogP contribution in [0.25, 0.3) is 16.8 Å². The normalized spacial score (nSPS) is 13.8. The van der Waals surface area contributed by atoms with Crippen molar-refractivity contribution in [1.82, 2.24) is 5.32 Å². The summed E-state index contributed by atoms with van der Waals surface area (Å²) in [5.41, 5.74) is 7.98. The van der Waals surface area contributed by atoms with Crippen molar-refractivity contribution in [2.24, 2.45) is 4.99 Å². The van der Waals surface area contributed by atoms with Crippen molar-refractivity contribution in [2.75, 3.05) is 12.4 Å². The predicted octanol–water partition coefficient (Wildman–Crippen LogP) is 5.34. The highest BCUT2D eigenvalue weighted by atomic mass is 16.1. The zero-order chi connectivity index (χ0) is 20.1. The highest BCUT2D eigenvalue weighted by Crippen LogP contribution is 2.54. The molecule has 0 bridgehead atoms. The molecule has 0 unspecified atom stereocenters. The molecule has 0 fully saturated rings. The lowest BCUT2D eigenvalue weighted by Gasteiger charge is -2.32. The minimum Gasteiger partial charge on any atom is -0.347 e. The van der Waals surface area contributed by atoms with Gasteiger partial charge in [-0.15, -0.1) is 0 Å². The monoisotopic (exact) mass is 375 g/mol. The van der Waals surface area contributed by atoms with E-state index in [2.05, 4.69) is 66.4 Å². The van der Waals surface area contributed by atoms with Crippen molar-refractivity contribution in [2.45, 2.75) is 44.9 Å². The molecule has 1 aliphatic carbocycles. The molecule has 2 N–H and O–H groups in total. The average Bonchev–Trinajstić information content (AvgIpc) is 2.96. The quantitative estimate of drug-likeness (QED) is 0.353. The van der Waals surface area contributed by atoms with Crippen molar-refractivity contribution in [3.05, 3.63) is 59.7 Å². The number of nitrogens with zero attached hydrogens (tertiary/aromatic N) is 1. The lowest BCUT2D eigenvalue weighted by molar-refractivity contribution is -0.105. The number of benzene rings is 2. The van der Waals surface area contributed by atoms with Crippen molar-refractivity contribution in [3.63, 3.8) is 0 Å². The number of carbonyl (C=O) groups is 1. The first-order valence-electron chi connectivity index (χ1n) is 9.97. The van der Waals surface area contributed by atoms with Gasteiger partial charge in [-0.25, -0.2) is 0 Å². The Labute approximate surface area is 167 Å². The number of amides is 1. The van der Waals surface area contributed by atoms with Crippen LogP contribution in [0.4, 0.5) is 5.69 Å². The van der Waals surface area contributed by atoms with E-state index in [9.17, 15) is 4.79 Å². The maximum absolute atomic E-state index is 11.0. The second-order valence-electron chi connectivity index (χ2n) is 7.38. The molecule has 0 heterocycles. The average molecular weight is 376 g/mol. The molecular formula is C24H29N3O. The molecule has 146 valence electrons. The summed E-state index contributed by atoms with van der Waals surface area (Å²) in [6.45, 7) is 8.65. The minimum atomic E-state index is -0.0378. The SMILES string of the molecule is C=C(NC=NC)c1ccc2c(c1)C(CCC)(CCC)c1cc(NC=O)ccc1-2. The Morgan fingerprint density at radius 3 is 2.32 bits per heavy atom. The van der Waals surface area contributed by atoms with E-state index in [1.807, 2.05) is 6.07 Å². The molecule has 0 aliphatic heterocycles. The largest absolute Gasteiger partial charge is 0.347 e. The Hall–Kier alpha value is -2.88. The summed E-state index contributed by atoms with van der Waals surface area (Å²) in [6, 6.07) is 12.9. The smallest absolute Gasteiger partial charge is 0.211 e. The molecule has 4 heteroatoms. The van der Waals surface area contributed by atoms with Crippen LogP contribution in [0.3, 0.4) is 0 Å². The van der Waals surface area contributed by atoms with Gasteiger partial charge in [0.1, 0.15) is 0 Å². The number of hydrogen-bond acceptors (Lipinski definition) is 2. The van der Waals surface area contributed by atoms with Gasteiger partial charge in [-0.3, -0.25) is 9.79 Å². The molecule has 2 aromatic rings. The standard InChI is InChI=1S/C24H29N3O/c1-5-11-24(12-6-2)22-13-18(17(3)26-15-25-4)7-9-20(22)21-10-8-19(27-16-28)14-23(21)24/h7-10,13-16H,3,5-6,11-12H2,1-2,4H3,(H,25,26)(H,27,28). The lowest BCUT2D eigenvalue weighted by Crippen LogP contribution is -2.25. The van der Waals surface area contributed by atoms with Gasteiger partial charge in [0.05, 0.1) is 6.34 Å². The maximum Gasteiger partial charge on any atom is 0.211 e. The third kappa shape index (κ3) is 3.35. The van der Waals surface area contributed by atoms with Gasteiger partial charge in [-0.2, -0.15) is 0 Å². The van der Waals surface area contributed by atoms with Gasteiger partial charge in [0.15, 0.2) is 0 Å². The molecule has 2 aromatic carbocycles. The van der Waals surface area contributed by atoms with E-state index in [0.717, 1.165) is 49.0 Å². The highest BCUT2D eigenvalue weighted by molar-refractivity contribution is 5.86. The molecule has 0 spiro atoms. The fourth-order valence-corrected chi connectivity index (χ4v) is 4.58. The Bertz CT molecular complexity index is 908. The van der Waals surface area contributed by atoms with Crippen LogP contribution in [0.5, 0.6) is 0 Å². The molecular weight excluding hydrogens is 346 g/mol. The van der Waals surface area contributed by atoms with Gasteiger partial charge in [-0.05, 0) is 58.9 Å². The third-order valence-corrected chi connectivity index (χ3v) is 5.66. The highest BCUT2D eigenvalue weighted by Gasteiger charge is 2.42. The Morgan fingerprint density at radius 2 is 1.71 bits per heavy atom. The molecule has 0 saturated carbocycles. The number of hydrogen-bond donors (Lipinski definition) is 2. The van der Waals surface area contributed by atoms with E-state index >= 15 is 0 Å². The van der Waals surface area contributed by atoms with Gasteiger partial charge in [0.2, 0.25) is 6.41 Å². The van der Waals surface area contributed by atoms with E-state index in [-0.39, 0.29) is 5.41 Å². The minimum absolute atomic E-state index is 0.0378. The summed E-state index contributed by atoms with van der Waals surface area (Å²) in [5.74, 6) is 0. The molecule has 4 nitrogen and oxygen atoms in total. The number of carbonyl (C=O) groups excluding carboxylic acids is 1.